The number of fused-ring (bicyclic) bond motifs is 1. The second-order valence-electron chi connectivity index (χ2n) is 6.80. The van der Waals surface area contributed by atoms with E-state index in [1.807, 2.05) is 6.07 Å². The van der Waals surface area contributed by atoms with E-state index in [1.165, 1.54) is 23.8 Å². The molecule has 2 heterocycles. The Bertz CT molecular complexity index is 1000. The molecule has 0 amide bonds. The van der Waals surface area contributed by atoms with E-state index in [4.69, 9.17) is 9.40 Å². The van der Waals surface area contributed by atoms with Crippen LogP contribution < -0.4 is 5.63 Å². The molecule has 1 N–H and O–H groups in total. The molecule has 0 aliphatic heterocycles. The van der Waals surface area contributed by atoms with Crippen LogP contribution in [0.3, 0.4) is 0 Å². The van der Waals surface area contributed by atoms with Crippen LogP contribution in [0.5, 0.6) is 5.75 Å². The molecular formula is C20H20BrNO3S. The van der Waals surface area contributed by atoms with E-state index in [1.54, 1.807) is 23.5 Å². The topological polar surface area (TPSA) is 63.3 Å². The molecule has 0 spiro atoms. The van der Waals surface area contributed by atoms with Crippen LogP contribution in [0.25, 0.3) is 21.5 Å². The van der Waals surface area contributed by atoms with Crippen LogP contribution in [-0.4, -0.2) is 14.9 Å². The zero-order valence-electron chi connectivity index (χ0n) is 14.5. The van der Waals surface area contributed by atoms with Gasteiger partial charge >= 0.3 is 5.63 Å². The van der Waals surface area contributed by atoms with Crippen molar-refractivity contribution in [3.8, 4) is 16.3 Å². The highest BCUT2D eigenvalue weighted by Gasteiger charge is 2.26. The predicted octanol–water partition coefficient (Wildman–Crippen LogP) is 5.61. The molecule has 1 saturated carbocycles. The van der Waals surface area contributed by atoms with Crippen molar-refractivity contribution in [2.24, 2.45) is 0 Å². The summed E-state index contributed by atoms with van der Waals surface area (Å²) >= 11 is 5.31. The number of hydrogen-bond donors (Lipinski definition) is 1. The lowest BCUT2D eigenvalue weighted by Gasteiger charge is -2.24. The van der Waals surface area contributed by atoms with E-state index in [-0.39, 0.29) is 5.75 Å². The van der Waals surface area contributed by atoms with Gasteiger partial charge in [-0.3, -0.25) is 0 Å². The Morgan fingerprint density at radius 2 is 2.04 bits per heavy atom. The minimum atomic E-state index is -0.407. The van der Waals surface area contributed by atoms with Crippen molar-refractivity contribution in [1.29, 1.82) is 0 Å². The lowest BCUT2D eigenvalue weighted by atomic mass is 9.86. The van der Waals surface area contributed by atoms with E-state index in [9.17, 15) is 9.90 Å². The van der Waals surface area contributed by atoms with Crippen LogP contribution in [0.15, 0.2) is 33.5 Å². The Hall–Kier alpha value is -1.66. The Labute approximate surface area is 164 Å². The average Bonchev–Trinajstić information content (AvgIpc) is 3.05. The molecule has 0 atom stereocenters. The van der Waals surface area contributed by atoms with Gasteiger partial charge in [0.1, 0.15) is 16.3 Å². The second kappa shape index (κ2) is 7.16. The fraction of sp³-hybridized carbons (Fsp3) is 0.400. The quantitative estimate of drug-likeness (QED) is 0.430. The number of phenolic OH excluding ortho intramolecular Hbond substituents is 1. The molecule has 26 heavy (non-hydrogen) atoms. The maximum Gasteiger partial charge on any atom is 0.346 e. The van der Waals surface area contributed by atoms with Crippen LogP contribution in [0, 0.1) is 0 Å². The monoisotopic (exact) mass is 433 g/mol. The number of thiazole rings is 1. The Morgan fingerprint density at radius 3 is 2.77 bits per heavy atom. The normalized spacial score (nSPS) is 20.5. The first-order chi connectivity index (χ1) is 12.5. The summed E-state index contributed by atoms with van der Waals surface area (Å²) < 4.78 is 5.42. The van der Waals surface area contributed by atoms with Gasteiger partial charge in [0.15, 0.2) is 0 Å². The molecule has 0 unspecified atom stereocenters. The fourth-order valence-electron chi connectivity index (χ4n) is 3.63. The molecule has 1 aliphatic rings. The summed E-state index contributed by atoms with van der Waals surface area (Å²) in [7, 11) is 0. The number of nitrogens with zero attached hydrogens (tertiary/aromatic N) is 1. The van der Waals surface area contributed by atoms with Crippen molar-refractivity contribution in [2.75, 3.05) is 0 Å². The molecule has 136 valence electrons. The number of alkyl halides is 1. The molecule has 2 aromatic heterocycles. The van der Waals surface area contributed by atoms with Crippen molar-refractivity contribution in [3.05, 3.63) is 45.3 Å². The van der Waals surface area contributed by atoms with Crippen LogP contribution in [0.4, 0.5) is 0 Å². The zero-order chi connectivity index (χ0) is 18.3. The number of rotatable bonds is 3. The minimum absolute atomic E-state index is 0.0839. The summed E-state index contributed by atoms with van der Waals surface area (Å²) in [5.74, 6) is 0.564. The smallest absolute Gasteiger partial charge is 0.346 e. The van der Waals surface area contributed by atoms with Crippen molar-refractivity contribution >= 4 is 38.2 Å². The SMILES string of the molecule is CCc1sc(-c2cc3ccc(O)cc3oc2=O)nc1C1CCC(Br)CC1. The van der Waals surface area contributed by atoms with Gasteiger partial charge < -0.3 is 9.52 Å². The maximum absolute atomic E-state index is 12.5. The average molecular weight is 434 g/mol. The molecule has 3 aromatic rings. The summed E-state index contributed by atoms with van der Waals surface area (Å²) in [4.78, 5) is 19.2. The van der Waals surface area contributed by atoms with Gasteiger partial charge in [-0.2, -0.15) is 0 Å². The zero-order valence-corrected chi connectivity index (χ0v) is 16.9. The van der Waals surface area contributed by atoms with E-state index >= 15 is 0 Å². The molecule has 1 aromatic carbocycles. The Morgan fingerprint density at radius 1 is 1.27 bits per heavy atom. The molecule has 1 fully saturated rings. The third-order valence-corrected chi connectivity index (χ3v) is 7.21. The number of hydrogen-bond acceptors (Lipinski definition) is 5. The summed E-state index contributed by atoms with van der Waals surface area (Å²) in [6, 6.07) is 6.63. The fourth-order valence-corrected chi connectivity index (χ4v) is 5.25. The van der Waals surface area contributed by atoms with Gasteiger partial charge in [0.2, 0.25) is 0 Å². The van der Waals surface area contributed by atoms with Crippen molar-refractivity contribution in [3.63, 3.8) is 0 Å². The molecule has 4 nitrogen and oxygen atoms in total. The summed E-state index contributed by atoms with van der Waals surface area (Å²) in [5, 5.41) is 11.1. The van der Waals surface area contributed by atoms with Gasteiger partial charge in [-0.25, -0.2) is 9.78 Å². The number of aromatic nitrogens is 1. The highest BCUT2D eigenvalue weighted by atomic mass is 79.9. The van der Waals surface area contributed by atoms with Crippen molar-refractivity contribution in [1.82, 2.24) is 4.98 Å². The van der Waals surface area contributed by atoms with Gasteiger partial charge in [-0.1, -0.05) is 22.9 Å². The Kier molecular flexibility index (Phi) is 4.88. The Balaban J connectivity index is 1.76. The highest BCUT2D eigenvalue weighted by Crippen LogP contribution is 2.40. The maximum atomic E-state index is 12.5. The largest absolute Gasteiger partial charge is 0.508 e. The first-order valence-electron chi connectivity index (χ1n) is 8.96. The highest BCUT2D eigenvalue weighted by molar-refractivity contribution is 9.09. The van der Waals surface area contributed by atoms with Gasteiger partial charge in [0.05, 0.1) is 11.3 Å². The van der Waals surface area contributed by atoms with Crippen LogP contribution in [0.1, 0.15) is 49.1 Å². The van der Waals surface area contributed by atoms with Crippen LogP contribution >= 0.6 is 27.3 Å². The third kappa shape index (κ3) is 3.32. The number of halogens is 1. The first kappa shape index (κ1) is 17.7. The first-order valence-corrected chi connectivity index (χ1v) is 10.7. The van der Waals surface area contributed by atoms with Crippen molar-refractivity contribution < 1.29 is 9.52 Å². The molecule has 4 rings (SSSR count). The third-order valence-electron chi connectivity index (χ3n) is 5.04. The summed E-state index contributed by atoms with van der Waals surface area (Å²) in [6.07, 6.45) is 5.54. The van der Waals surface area contributed by atoms with Crippen molar-refractivity contribution in [2.45, 2.75) is 49.8 Å². The number of phenols is 1. The van der Waals surface area contributed by atoms with Gasteiger partial charge in [0.25, 0.3) is 0 Å². The molecule has 0 saturated heterocycles. The lowest BCUT2D eigenvalue weighted by Crippen LogP contribution is -2.14. The summed E-state index contributed by atoms with van der Waals surface area (Å²) in [6.45, 7) is 2.14. The van der Waals surface area contributed by atoms with Crippen LogP contribution in [-0.2, 0) is 6.42 Å². The van der Waals surface area contributed by atoms with E-state index in [2.05, 4.69) is 22.9 Å². The molecule has 6 heteroatoms. The second-order valence-corrected chi connectivity index (χ2v) is 9.18. The van der Waals surface area contributed by atoms with E-state index in [0.29, 0.717) is 21.9 Å². The molecule has 0 radical (unpaired) electrons. The summed E-state index contributed by atoms with van der Waals surface area (Å²) in [5.41, 5.74) is 1.65. The van der Waals surface area contributed by atoms with Gasteiger partial charge in [-0.15, -0.1) is 11.3 Å². The number of aryl methyl sites for hydroxylation is 1. The predicted molar refractivity (Wildman–Crippen MR) is 109 cm³/mol. The van der Waals surface area contributed by atoms with Gasteiger partial charge in [0, 0.05) is 27.1 Å². The van der Waals surface area contributed by atoms with Crippen LogP contribution in [0.2, 0.25) is 0 Å². The molecule has 1 aliphatic carbocycles. The van der Waals surface area contributed by atoms with E-state index < -0.39 is 5.63 Å². The minimum Gasteiger partial charge on any atom is -0.508 e. The molecule has 0 bridgehead atoms. The van der Waals surface area contributed by atoms with Gasteiger partial charge in [-0.05, 0) is 50.3 Å². The number of benzene rings is 1. The lowest BCUT2D eigenvalue weighted by molar-refractivity contribution is 0.449. The van der Waals surface area contributed by atoms with E-state index in [0.717, 1.165) is 35.4 Å². The number of aromatic hydroxyl groups is 1. The standard InChI is InChI=1S/C20H20BrNO3S/c1-2-17-18(11-3-6-13(21)7-4-11)22-19(26-17)15-9-12-5-8-14(23)10-16(12)25-20(15)24/h5,8-11,13,23H,2-4,6-7H2,1H3. The molecular weight excluding hydrogens is 414 g/mol.